The van der Waals surface area contributed by atoms with Crippen molar-refractivity contribution < 1.29 is 4.79 Å². The Morgan fingerprint density at radius 1 is 1.14 bits per heavy atom. The fourth-order valence-electron chi connectivity index (χ4n) is 1.96. The lowest BCUT2D eigenvalue weighted by atomic mass is 9.76. The number of nitrogens with one attached hydrogen (secondary N) is 1. The van der Waals surface area contributed by atoms with Crippen molar-refractivity contribution in [3.05, 3.63) is 0 Å². The lowest BCUT2D eigenvalue weighted by molar-refractivity contribution is -0.121. The molecule has 0 aliphatic rings. The van der Waals surface area contributed by atoms with Crippen LogP contribution in [-0.4, -0.2) is 12.5 Å². The third kappa shape index (κ3) is 6.93. The molecular formula is C12H25NO. The predicted molar refractivity (Wildman–Crippen MR) is 61.2 cm³/mol. The van der Waals surface area contributed by atoms with Gasteiger partial charge in [0, 0.05) is 13.0 Å². The zero-order chi connectivity index (χ0) is 11.4. The van der Waals surface area contributed by atoms with Gasteiger partial charge < -0.3 is 5.32 Å². The molecule has 0 saturated heterocycles. The molecule has 84 valence electrons. The maximum atomic E-state index is 11.1. The Morgan fingerprint density at radius 2 is 1.64 bits per heavy atom. The highest BCUT2D eigenvalue weighted by atomic mass is 16.1. The van der Waals surface area contributed by atoms with E-state index in [0.29, 0.717) is 11.8 Å². The molecule has 0 spiro atoms. The van der Waals surface area contributed by atoms with E-state index in [4.69, 9.17) is 0 Å². The summed E-state index contributed by atoms with van der Waals surface area (Å²) in [6.45, 7) is 13.8. The van der Waals surface area contributed by atoms with Crippen molar-refractivity contribution >= 4 is 5.91 Å². The van der Waals surface area contributed by atoms with E-state index in [-0.39, 0.29) is 11.3 Å². The topological polar surface area (TPSA) is 29.1 Å². The second-order valence-electron chi connectivity index (χ2n) is 6.03. The molecule has 0 atom stereocenters. The molecular weight excluding hydrogens is 174 g/mol. The van der Waals surface area contributed by atoms with Crippen molar-refractivity contribution in [2.45, 2.75) is 54.4 Å². The third-order valence-electron chi connectivity index (χ3n) is 2.09. The summed E-state index contributed by atoms with van der Waals surface area (Å²) in [7, 11) is 0. The number of rotatable bonds is 4. The third-order valence-corrected chi connectivity index (χ3v) is 2.09. The Morgan fingerprint density at radius 3 is 2.00 bits per heavy atom. The predicted octanol–water partition coefficient (Wildman–Crippen LogP) is 2.98. The molecule has 0 saturated carbocycles. The highest BCUT2D eigenvalue weighted by molar-refractivity contribution is 5.75. The molecule has 0 aromatic heterocycles. The number of amides is 1. The largest absolute Gasteiger partial charge is 0.356 e. The van der Waals surface area contributed by atoms with Crippen molar-refractivity contribution in [2.75, 3.05) is 6.54 Å². The van der Waals surface area contributed by atoms with Crippen LogP contribution in [0.2, 0.25) is 0 Å². The van der Waals surface area contributed by atoms with Crippen LogP contribution in [0.15, 0.2) is 0 Å². The normalized spacial score (nSPS) is 12.7. The second-order valence-corrected chi connectivity index (χ2v) is 6.03. The van der Waals surface area contributed by atoms with Crippen LogP contribution in [0, 0.1) is 10.8 Å². The van der Waals surface area contributed by atoms with Crippen LogP contribution in [-0.2, 0) is 4.79 Å². The summed E-state index contributed by atoms with van der Waals surface area (Å²) >= 11 is 0. The number of carbonyl (C=O) groups is 1. The average Bonchev–Trinajstić information content (AvgIpc) is 1.96. The Labute approximate surface area is 88.5 Å². The van der Waals surface area contributed by atoms with E-state index in [2.05, 4.69) is 39.9 Å². The van der Waals surface area contributed by atoms with Gasteiger partial charge in [0.05, 0.1) is 0 Å². The summed E-state index contributed by atoms with van der Waals surface area (Å²) in [6.07, 6.45) is 1.69. The van der Waals surface area contributed by atoms with Gasteiger partial charge in [-0.1, -0.05) is 41.5 Å². The summed E-state index contributed by atoms with van der Waals surface area (Å²) < 4.78 is 0. The molecule has 0 aromatic rings. The quantitative estimate of drug-likeness (QED) is 0.741. The lowest BCUT2D eigenvalue weighted by Crippen LogP contribution is -2.35. The van der Waals surface area contributed by atoms with Crippen LogP contribution in [0.25, 0.3) is 0 Å². The van der Waals surface area contributed by atoms with Crippen molar-refractivity contribution in [3.63, 3.8) is 0 Å². The maximum absolute atomic E-state index is 11.1. The van der Waals surface area contributed by atoms with Gasteiger partial charge in [-0.3, -0.25) is 4.79 Å². The van der Waals surface area contributed by atoms with Crippen molar-refractivity contribution in [1.29, 1.82) is 0 Å². The van der Waals surface area contributed by atoms with E-state index in [0.717, 1.165) is 13.0 Å². The molecule has 1 N–H and O–H groups in total. The van der Waals surface area contributed by atoms with Crippen LogP contribution in [0.3, 0.4) is 0 Å². The summed E-state index contributed by atoms with van der Waals surface area (Å²) in [5.74, 6) is 0.145. The molecule has 0 aliphatic carbocycles. The van der Waals surface area contributed by atoms with E-state index in [1.807, 2.05) is 6.92 Å². The first-order valence-electron chi connectivity index (χ1n) is 5.43. The first-order valence-corrected chi connectivity index (χ1v) is 5.43. The van der Waals surface area contributed by atoms with Crippen LogP contribution in [0.4, 0.5) is 0 Å². The minimum absolute atomic E-state index is 0.145. The van der Waals surface area contributed by atoms with Crippen LogP contribution in [0.5, 0.6) is 0 Å². The highest BCUT2D eigenvalue weighted by Crippen LogP contribution is 2.32. The van der Waals surface area contributed by atoms with Crippen LogP contribution >= 0.6 is 0 Å². The van der Waals surface area contributed by atoms with Gasteiger partial charge in [0.2, 0.25) is 5.91 Å². The minimum atomic E-state index is 0.145. The molecule has 0 bridgehead atoms. The molecule has 0 radical (unpaired) electrons. The Hall–Kier alpha value is -0.530. The molecule has 1 amide bonds. The molecule has 14 heavy (non-hydrogen) atoms. The van der Waals surface area contributed by atoms with Crippen LogP contribution in [0.1, 0.15) is 54.4 Å². The Balaban J connectivity index is 4.01. The first-order chi connectivity index (χ1) is 6.16. The van der Waals surface area contributed by atoms with Gasteiger partial charge >= 0.3 is 0 Å². The van der Waals surface area contributed by atoms with Gasteiger partial charge in [0.25, 0.3) is 0 Å². The maximum Gasteiger partial charge on any atom is 0.219 e. The smallest absolute Gasteiger partial charge is 0.219 e. The summed E-state index contributed by atoms with van der Waals surface area (Å²) in [5, 5.41) is 2.96. The van der Waals surface area contributed by atoms with E-state index >= 15 is 0 Å². The molecule has 2 heteroatoms. The van der Waals surface area contributed by atoms with Crippen molar-refractivity contribution in [3.8, 4) is 0 Å². The summed E-state index contributed by atoms with van der Waals surface area (Å²) in [6, 6.07) is 0. The lowest BCUT2D eigenvalue weighted by Gasteiger charge is -2.32. The van der Waals surface area contributed by atoms with Crippen molar-refractivity contribution in [1.82, 2.24) is 5.32 Å². The van der Waals surface area contributed by atoms with Gasteiger partial charge in [0.15, 0.2) is 0 Å². The van der Waals surface area contributed by atoms with Gasteiger partial charge in [-0.25, -0.2) is 0 Å². The fourth-order valence-corrected chi connectivity index (χ4v) is 1.96. The number of hydrogen-bond acceptors (Lipinski definition) is 1. The SMILES string of the molecule is CCC(=O)NCC(C)(C)CC(C)(C)C. The van der Waals surface area contributed by atoms with E-state index in [1.165, 1.54) is 0 Å². The Bertz CT molecular complexity index is 189. The van der Waals surface area contributed by atoms with Gasteiger partial charge in [0.1, 0.15) is 0 Å². The molecule has 0 fully saturated rings. The monoisotopic (exact) mass is 199 g/mol. The summed E-state index contributed by atoms with van der Waals surface area (Å²) in [5.41, 5.74) is 0.503. The standard InChI is InChI=1S/C12H25NO/c1-7-10(14)13-9-12(5,6)8-11(2,3)4/h7-9H2,1-6H3,(H,13,14). The highest BCUT2D eigenvalue weighted by Gasteiger charge is 2.25. The van der Waals surface area contributed by atoms with Crippen LogP contribution < -0.4 is 5.32 Å². The van der Waals surface area contributed by atoms with Crippen molar-refractivity contribution in [2.24, 2.45) is 10.8 Å². The van der Waals surface area contributed by atoms with Gasteiger partial charge in [-0.05, 0) is 17.3 Å². The van der Waals surface area contributed by atoms with E-state index in [9.17, 15) is 4.79 Å². The molecule has 0 heterocycles. The zero-order valence-corrected chi connectivity index (χ0v) is 10.5. The molecule has 0 unspecified atom stereocenters. The molecule has 2 nitrogen and oxygen atoms in total. The van der Waals surface area contributed by atoms with E-state index in [1.54, 1.807) is 0 Å². The molecule has 0 aromatic carbocycles. The number of carbonyl (C=O) groups excluding carboxylic acids is 1. The zero-order valence-electron chi connectivity index (χ0n) is 10.5. The minimum Gasteiger partial charge on any atom is -0.356 e. The van der Waals surface area contributed by atoms with E-state index < -0.39 is 0 Å². The second kappa shape index (κ2) is 4.81. The molecule has 0 rings (SSSR count). The first kappa shape index (κ1) is 13.5. The fraction of sp³-hybridized carbons (Fsp3) is 0.917. The van der Waals surface area contributed by atoms with Gasteiger partial charge in [-0.2, -0.15) is 0 Å². The Kier molecular flexibility index (Phi) is 4.63. The average molecular weight is 199 g/mol. The number of hydrogen-bond donors (Lipinski definition) is 1. The summed E-state index contributed by atoms with van der Waals surface area (Å²) in [4.78, 5) is 11.1. The van der Waals surface area contributed by atoms with Gasteiger partial charge in [-0.15, -0.1) is 0 Å². The molecule has 0 aliphatic heterocycles.